The number of rotatable bonds is 5. The predicted molar refractivity (Wildman–Crippen MR) is 59.4 cm³/mol. The van der Waals surface area contributed by atoms with Crippen molar-refractivity contribution in [1.82, 2.24) is 0 Å². The second-order valence-corrected chi connectivity index (χ2v) is 3.95. The Morgan fingerprint density at radius 2 is 2.00 bits per heavy atom. The van der Waals surface area contributed by atoms with Crippen molar-refractivity contribution in [2.24, 2.45) is 0 Å². The number of carbonyl (C=O) groups excluding carboxylic acids is 1. The minimum Gasteiger partial charge on any atom is -0.544 e. The number of methoxy groups -OCH3 is 1. The van der Waals surface area contributed by atoms with Crippen LogP contribution in [0.15, 0.2) is 18.2 Å². The van der Waals surface area contributed by atoms with Crippen molar-refractivity contribution in [3.05, 3.63) is 23.8 Å². The first-order valence-corrected chi connectivity index (χ1v) is 5.34. The van der Waals surface area contributed by atoms with Crippen molar-refractivity contribution in [2.75, 3.05) is 7.11 Å². The maximum Gasteiger partial charge on any atom is 0.161 e. The lowest BCUT2D eigenvalue weighted by atomic mass is 10.1. The molecule has 0 saturated carbocycles. The van der Waals surface area contributed by atoms with Gasteiger partial charge in [0.05, 0.1) is 13.2 Å². The molecule has 0 aliphatic carbocycles. The van der Waals surface area contributed by atoms with Gasteiger partial charge in [0.25, 0.3) is 0 Å². The summed E-state index contributed by atoms with van der Waals surface area (Å²) in [7, 11) is 1.50. The minimum atomic E-state index is -1.22. The fourth-order valence-corrected chi connectivity index (χ4v) is 1.39. The van der Waals surface area contributed by atoms with Gasteiger partial charge < -0.3 is 25.1 Å². The van der Waals surface area contributed by atoms with Gasteiger partial charge in [0.15, 0.2) is 17.5 Å². The van der Waals surface area contributed by atoms with E-state index in [0.29, 0.717) is 17.1 Å². The number of carboxylic acid groups (broad SMARTS) is 1. The second kappa shape index (κ2) is 5.54. The van der Waals surface area contributed by atoms with E-state index in [1.165, 1.54) is 7.11 Å². The summed E-state index contributed by atoms with van der Waals surface area (Å²) in [6.45, 7) is 3.80. The Morgan fingerprint density at radius 1 is 1.35 bits per heavy atom. The summed E-state index contributed by atoms with van der Waals surface area (Å²) in [5, 5.41) is 10.7. The van der Waals surface area contributed by atoms with Crippen LogP contribution in [0.25, 0.3) is 0 Å². The number of carboxylic acids is 1. The molecule has 5 nitrogen and oxygen atoms in total. The SMILES string of the molecule is COc1cc([C@H]([NH3+])C(=O)[O-])ccc1OC(C)C. The summed E-state index contributed by atoms with van der Waals surface area (Å²) >= 11 is 0. The monoisotopic (exact) mass is 239 g/mol. The van der Waals surface area contributed by atoms with Gasteiger partial charge in [0.1, 0.15) is 5.97 Å². The minimum absolute atomic E-state index is 0.0199. The molecule has 17 heavy (non-hydrogen) atoms. The first-order valence-electron chi connectivity index (χ1n) is 5.34. The molecule has 0 unspecified atom stereocenters. The molecule has 0 amide bonds. The van der Waals surface area contributed by atoms with Crippen molar-refractivity contribution in [3.63, 3.8) is 0 Å². The number of aliphatic carboxylic acids is 1. The molecule has 0 heterocycles. The van der Waals surface area contributed by atoms with Crippen LogP contribution in [-0.4, -0.2) is 19.2 Å². The summed E-state index contributed by atoms with van der Waals surface area (Å²) in [6, 6.07) is 4.01. The van der Waals surface area contributed by atoms with E-state index in [1.807, 2.05) is 13.8 Å². The Bertz CT molecular complexity index is 403. The molecule has 1 aromatic rings. The van der Waals surface area contributed by atoms with Crippen molar-refractivity contribution >= 4 is 5.97 Å². The third-order valence-corrected chi connectivity index (χ3v) is 2.24. The van der Waals surface area contributed by atoms with Crippen molar-refractivity contribution < 1.29 is 25.1 Å². The number of quaternary nitrogens is 1. The molecule has 0 bridgehead atoms. The summed E-state index contributed by atoms with van der Waals surface area (Å²) in [5.41, 5.74) is 4.04. The van der Waals surface area contributed by atoms with Gasteiger partial charge in [0.2, 0.25) is 0 Å². The van der Waals surface area contributed by atoms with Gasteiger partial charge in [-0.1, -0.05) is 0 Å². The van der Waals surface area contributed by atoms with Gasteiger partial charge in [0, 0.05) is 5.56 Å². The number of ether oxygens (including phenoxy) is 2. The summed E-state index contributed by atoms with van der Waals surface area (Å²) in [4.78, 5) is 10.7. The Morgan fingerprint density at radius 3 is 2.47 bits per heavy atom. The van der Waals surface area contributed by atoms with Crippen LogP contribution < -0.4 is 20.3 Å². The smallest absolute Gasteiger partial charge is 0.161 e. The maximum absolute atomic E-state index is 10.7. The van der Waals surface area contributed by atoms with E-state index in [2.05, 4.69) is 5.73 Å². The molecule has 0 fully saturated rings. The normalized spacial score (nSPS) is 12.3. The Labute approximate surface area is 100 Å². The lowest BCUT2D eigenvalue weighted by Crippen LogP contribution is -2.61. The van der Waals surface area contributed by atoms with Crippen LogP contribution in [0.2, 0.25) is 0 Å². The summed E-state index contributed by atoms with van der Waals surface area (Å²) in [6.07, 6.45) is 0.0199. The summed E-state index contributed by atoms with van der Waals surface area (Å²) in [5.74, 6) is -0.146. The Balaban J connectivity index is 3.03. The zero-order valence-corrected chi connectivity index (χ0v) is 10.2. The highest BCUT2D eigenvalue weighted by atomic mass is 16.5. The van der Waals surface area contributed by atoms with Crippen molar-refractivity contribution in [2.45, 2.75) is 26.0 Å². The van der Waals surface area contributed by atoms with Crippen LogP contribution in [-0.2, 0) is 4.79 Å². The van der Waals surface area contributed by atoms with Gasteiger partial charge in [-0.05, 0) is 32.0 Å². The number of hydrogen-bond donors (Lipinski definition) is 1. The molecule has 94 valence electrons. The Hall–Kier alpha value is -1.75. The van der Waals surface area contributed by atoms with E-state index in [-0.39, 0.29) is 6.10 Å². The van der Waals surface area contributed by atoms with Crippen molar-refractivity contribution in [1.29, 1.82) is 0 Å². The number of hydrogen-bond acceptors (Lipinski definition) is 4. The van der Waals surface area contributed by atoms with Gasteiger partial charge in [-0.2, -0.15) is 0 Å². The fraction of sp³-hybridized carbons (Fsp3) is 0.417. The molecule has 0 aliphatic rings. The van der Waals surface area contributed by atoms with E-state index in [9.17, 15) is 9.90 Å². The number of benzene rings is 1. The quantitative estimate of drug-likeness (QED) is 0.751. The lowest BCUT2D eigenvalue weighted by Gasteiger charge is -2.16. The molecule has 1 rings (SSSR count). The molecule has 3 N–H and O–H groups in total. The molecule has 0 radical (unpaired) electrons. The second-order valence-electron chi connectivity index (χ2n) is 3.95. The van der Waals surface area contributed by atoms with Gasteiger partial charge in [-0.25, -0.2) is 0 Å². The molecule has 0 saturated heterocycles. The van der Waals surface area contributed by atoms with E-state index < -0.39 is 12.0 Å². The average molecular weight is 239 g/mol. The van der Waals surface area contributed by atoms with Gasteiger partial charge in [-0.3, -0.25) is 0 Å². The van der Waals surface area contributed by atoms with E-state index in [0.717, 1.165) is 0 Å². The predicted octanol–water partition coefficient (Wildman–Crippen LogP) is -0.485. The number of carbonyl (C=O) groups is 1. The molecule has 1 atom stereocenters. The standard InChI is InChI=1S/C12H17NO4/c1-7(2)17-9-5-4-8(6-10(9)16-3)11(13)12(14)15/h4-7,11H,13H2,1-3H3,(H,14,15)/t11-/m0/s1. The first kappa shape index (κ1) is 13.3. The third-order valence-electron chi connectivity index (χ3n) is 2.24. The van der Waals surface area contributed by atoms with Crippen LogP contribution in [0.4, 0.5) is 0 Å². The molecule has 0 aromatic heterocycles. The summed E-state index contributed by atoms with van der Waals surface area (Å²) < 4.78 is 10.7. The zero-order valence-electron chi connectivity index (χ0n) is 10.2. The molecule has 5 heteroatoms. The third kappa shape index (κ3) is 3.35. The van der Waals surface area contributed by atoms with Crippen LogP contribution >= 0.6 is 0 Å². The van der Waals surface area contributed by atoms with Crippen LogP contribution in [0.5, 0.6) is 11.5 Å². The largest absolute Gasteiger partial charge is 0.544 e. The fourth-order valence-electron chi connectivity index (χ4n) is 1.39. The van der Waals surface area contributed by atoms with Crippen LogP contribution in [0.1, 0.15) is 25.5 Å². The molecule has 1 aromatic carbocycles. The van der Waals surface area contributed by atoms with Crippen LogP contribution in [0.3, 0.4) is 0 Å². The highest BCUT2D eigenvalue weighted by Gasteiger charge is 2.14. The zero-order chi connectivity index (χ0) is 13.0. The lowest BCUT2D eigenvalue weighted by molar-refractivity contribution is -0.443. The highest BCUT2D eigenvalue weighted by Crippen LogP contribution is 2.30. The highest BCUT2D eigenvalue weighted by molar-refractivity contribution is 5.72. The molecule has 0 spiro atoms. The Kier molecular flexibility index (Phi) is 4.34. The van der Waals surface area contributed by atoms with Crippen molar-refractivity contribution in [3.8, 4) is 11.5 Å². The first-order chi connectivity index (χ1) is 7.95. The van der Waals surface area contributed by atoms with Crippen LogP contribution in [0, 0.1) is 0 Å². The topological polar surface area (TPSA) is 86.2 Å². The van der Waals surface area contributed by atoms with E-state index >= 15 is 0 Å². The van der Waals surface area contributed by atoms with Gasteiger partial charge in [-0.15, -0.1) is 0 Å². The average Bonchev–Trinajstić information content (AvgIpc) is 2.27. The molecule has 0 aliphatic heterocycles. The van der Waals surface area contributed by atoms with E-state index in [1.54, 1.807) is 18.2 Å². The van der Waals surface area contributed by atoms with E-state index in [4.69, 9.17) is 9.47 Å². The van der Waals surface area contributed by atoms with Gasteiger partial charge >= 0.3 is 0 Å². The molecular formula is C12H17NO4. The maximum atomic E-state index is 10.7. The molecular weight excluding hydrogens is 222 g/mol.